The van der Waals surface area contributed by atoms with E-state index in [1.165, 1.54) is 17.0 Å². The third-order valence-corrected chi connectivity index (χ3v) is 4.34. The molecule has 6 nitrogen and oxygen atoms in total. The first-order valence-corrected chi connectivity index (χ1v) is 7.13. The van der Waals surface area contributed by atoms with Crippen LogP contribution in [0.4, 0.5) is 15.8 Å². The molecule has 2 saturated heterocycles. The summed E-state index contributed by atoms with van der Waals surface area (Å²) in [6.07, 6.45) is 0.580. The number of anilines is 2. The zero-order valence-corrected chi connectivity index (χ0v) is 11.6. The summed E-state index contributed by atoms with van der Waals surface area (Å²) in [5.41, 5.74) is 0.366. The maximum atomic E-state index is 14.4. The van der Waals surface area contributed by atoms with Crippen molar-refractivity contribution >= 4 is 29.1 Å². The van der Waals surface area contributed by atoms with Gasteiger partial charge in [-0.05, 0) is 24.6 Å². The molecule has 3 aliphatic rings. The smallest absolute Gasteiger partial charge is 0.253 e. The number of amides is 3. The first kappa shape index (κ1) is 13.4. The second-order valence-corrected chi connectivity index (χ2v) is 5.69. The number of halogens is 1. The number of piperidine rings is 1. The molecule has 1 aliphatic carbocycles. The van der Waals surface area contributed by atoms with E-state index in [2.05, 4.69) is 0 Å². The second kappa shape index (κ2) is 4.61. The van der Waals surface area contributed by atoms with E-state index in [-0.39, 0.29) is 41.9 Å². The van der Waals surface area contributed by atoms with Gasteiger partial charge in [0.25, 0.3) is 5.91 Å². The molecule has 1 aromatic carbocycles. The van der Waals surface area contributed by atoms with Gasteiger partial charge in [0.05, 0.1) is 24.1 Å². The highest BCUT2D eigenvalue weighted by Gasteiger charge is 2.59. The monoisotopic (exact) mass is 304 g/mol. The quantitative estimate of drug-likeness (QED) is 0.754. The number of hydrogen-bond acceptors (Lipinski definition) is 4. The molecule has 0 N–H and O–H groups in total. The third kappa shape index (κ3) is 1.85. The van der Waals surface area contributed by atoms with Crippen LogP contribution in [0.3, 0.4) is 0 Å². The Bertz CT molecular complexity index is 685. The molecule has 3 amide bonds. The van der Waals surface area contributed by atoms with Gasteiger partial charge in [0.2, 0.25) is 11.8 Å². The lowest BCUT2D eigenvalue weighted by molar-refractivity contribution is -0.126. The number of ether oxygens (including phenoxy) is 1. The summed E-state index contributed by atoms with van der Waals surface area (Å²) < 4.78 is 19.4. The van der Waals surface area contributed by atoms with E-state index in [1.54, 1.807) is 6.07 Å². The van der Waals surface area contributed by atoms with Gasteiger partial charge in [-0.3, -0.25) is 14.4 Å². The zero-order valence-electron chi connectivity index (χ0n) is 11.6. The summed E-state index contributed by atoms with van der Waals surface area (Å²) in [6.45, 7) is 0.709. The normalized spacial score (nSPS) is 27.4. The lowest BCUT2D eigenvalue weighted by Crippen LogP contribution is -2.41. The first-order chi connectivity index (χ1) is 10.6. The minimum Gasteiger partial charge on any atom is -0.370 e. The van der Waals surface area contributed by atoms with Gasteiger partial charge in [0.15, 0.2) is 0 Å². The molecule has 2 aliphatic heterocycles. The number of nitrogens with zero attached hydrogens (tertiary/aromatic N) is 2. The van der Waals surface area contributed by atoms with Crippen LogP contribution >= 0.6 is 0 Å². The van der Waals surface area contributed by atoms with Crippen LogP contribution < -0.4 is 9.80 Å². The molecule has 4 rings (SSSR count). The first-order valence-electron chi connectivity index (χ1n) is 7.13. The van der Waals surface area contributed by atoms with Crippen LogP contribution in [-0.4, -0.2) is 37.5 Å². The van der Waals surface area contributed by atoms with E-state index in [0.717, 1.165) is 4.90 Å². The van der Waals surface area contributed by atoms with Crippen molar-refractivity contribution < 1.29 is 23.5 Å². The Morgan fingerprint density at radius 1 is 1.14 bits per heavy atom. The molecular weight excluding hydrogens is 291 g/mol. The highest BCUT2D eigenvalue weighted by Crippen LogP contribution is 2.48. The van der Waals surface area contributed by atoms with Crippen LogP contribution in [0.25, 0.3) is 0 Å². The fourth-order valence-corrected chi connectivity index (χ4v) is 3.05. The minimum absolute atomic E-state index is 0.0319. The Kier molecular flexibility index (Phi) is 2.80. The van der Waals surface area contributed by atoms with Crippen LogP contribution in [0.5, 0.6) is 0 Å². The van der Waals surface area contributed by atoms with Crippen LogP contribution in [-0.2, 0) is 19.1 Å². The molecule has 0 aromatic heterocycles. The number of benzene rings is 1. The summed E-state index contributed by atoms with van der Waals surface area (Å²) in [7, 11) is 0. The number of imide groups is 1. The number of morpholine rings is 1. The van der Waals surface area contributed by atoms with Gasteiger partial charge < -0.3 is 9.64 Å². The Labute approximate surface area is 125 Å². The van der Waals surface area contributed by atoms with E-state index in [1.807, 2.05) is 0 Å². The fraction of sp³-hybridized carbons (Fsp3) is 0.400. The Morgan fingerprint density at radius 2 is 1.86 bits per heavy atom. The van der Waals surface area contributed by atoms with Crippen molar-refractivity contribution in [1.29, 1.82) is 0 Å². The van der Waals surface area contributed by atoms with Crippen molar-refractivity contribution in [1.82, 2.24) is 0 Å². The Morgan fingerprint density at radius 3 is 2.50 bits per heavy atom. The topological polar surface area (TPSA) is 66.9 Å². The lowest BCUT2D eigenvalue weighted by atomic mass is 10.2. The average Bonchev–Trinajstić information content (AvgIpc) is 3.25. The molecule has 22 heavy (non-hydrogen) atoms. The van der Waals surface area contributed by atoms with Crippen molar-refractivity contribution in [2.24, 2.45) is 11.8 Å². The van der Waals surface area contributed by atoms with Crippen LogP contribution in [0.1, 0.15) is 6.42 Å². The molecule has 7 heteroatoms. The standard InChI is InChI=1S/C15H13FN2O4/c16-11-5-8(17-3-4-22-7-13(17)19)1-2-12(11)18-14(20)9-6-10(9)15(18)21/h1-2,5,9-10H,3-4,6-7H2. The fourth-order valence-electron chi connectivity index (χ4n) is 3.05. The van der Waals surface area contributed by atoms with Crippen LogP contribution in [0, 0.1) is 17.7 Å². The molecule has 0 bridgehead atoms. The van der Waals surface area contributed by atoms with Gasteiger partial charge in [-0.1, -0.05) is 0 Å². The summed E-state index contributed by atoms with van der Waals surface area (Å²) in [6, 6.07) is 4.11. The molecule has 2 unspecified atom stereocenters. The molecule has 0 radical (unpaired) electrons. The summed E-state index contributed by atoms with van der Waals surface area (Å²) in [4.78, 5) is 38.1. The number of fused-ring (bicyclic) bond motifs is 1. The van der Waals surface area contributed by atoms with Gasteiger partial charge >= 0.3 is 0 Å². The molecule has 3 fully saturated rings. The third-order valence-electron chi connectivity index (χ3n) is 4.34. The van der Waals surface area contributed by atoms with Crippen molar-refractivity contribution in [3.05, 3.63) is 24.0 Å². The van der Waals surface area contributed by atoms with Crippen molar-refractivity contribution in [2.45, 2.75) is 6.42 Å². The minimum atomic E-state index is -0.681. The van der Waals surface area contributed by atoms with Gasteiger partial charge in [0.1, 0.15) is 12.4 Å². The molecule has 2 heterocycles. The van der Waals surface area contributed by atoms with Gasteiger partial charge in [-0.25, -0.2) is 9.29 Å². The molecule has 1 aromatic rings. The molecule has 1 saturated carbocycles. The maximum Gasteiger partial charge on any atom is 0.253 e. The molecular formula is C15H13FN2O4. The largest absolute Gasteiger partial charge is 0.370 e. The lowest BCUT2D eigenvalue weighted by Gasteiger charge is -2.27. The number of carbonyl (C=O) groups is 3. The van der Waals surface area contributed by atoms with Crippen molar-refractivity contribution in [3.8, 4) is 0 Å². The number of hydrogen-bond donors (Lipinski definition) is 0. The number of carbonyl (C=O) groups excluding carboxylic acids is 3. The Hall–Kier alpha value is -2.28. The van der Waals surface area contributed by atoms with Crippen LogP contribution in [0.2, 0.25) is 0 Å². The van der Waals surface area contributed by atoms with E-state index in [4.69, 9.17) is 4.74 Å². The molecule has 0 spiro atoms. The van der Waals surface area contributed by atoms with Gasteiger partial charge in [0, 0.05) is 12.2 Å². The molecule has 114 valence electrons. The summed E-state index contributed by atoms with van der Waals surface area (Å²) >= 11 is 0. The van der Waals surface area contributed by atoms with Gasteiger partial charge in [-0.2, -0.15) is 0 Å². The van der Waals surface area contributed by atoms with Crippen molar-refractivity contribution in [2.75, 3.05) is 29.6 Å². The highest BCUT2D eigenvalue weighted by molar-refractivity contribution is 6.24. The predicted molar refractivity (Wildman–Crippen MR) is 73.7 cm³/mol. The molecule has 2 atom stereocenters. The van der Waals surface area contributed by atoms with Gasteiger partial charge in [-0.15, -0.1) is 0 Å². The van der Waals surface area contributed by atoms with E-state index >= 15 is 0 Å². The zero-order chi connectivity index (χ0) is 15.4. The van der Waals surface area contributed by atoms with E-state index in [0.29, 0.717) is 25.3 Å². The average molecular weight is 304 g/mol. The Balaban J connectivity index is 1.64. The van der Waals surface area contributed by atoms with Crippen LogP contribution in [0.15, 0.2) is 18.2 Å². The maximum absolute atomic E-state index is 14.4. The van der Waals surface area contributed by atoms with E-state index in [9.17, 15) is 18.8 Å². The van der Waals surface area contributed by atoms with E-state index < -0.39 is 5.82 Å². The van der Waals surface area contributed by atoms with Crippen molar-refractivity contribution in [3.63, 3.8) is 0 Å². The SMILES string of the molecule is O=C1COCCN1c1ccc(N2C(=O)C3CC3C2=O)c(F)c1. The second-order valence-electron chi connectivity index (χ2n) is 5.69. The summed E-state index contributed by atoms with van der Waals surface area (Å²) in [5, 5.41) is 0. The number of rotatable bonds is 2. The highest BCUT2D eigenvalue weighted by atomic mass is 19.1. The predicted octanol–water partition coefficient (Wildman–Crippen LogP) is 0.698. The summed E-state index contributed by atoms with van der Waals surface area (Å²) in [5.74, 6) is -2.12.